The fourth-order valence-electron chi connectivity index (χ4n) is 2.52. The molecule has 0 radical (unpaired) electrons. The fraction of sp³-hybridized carbons (Fsp3) is 0.158. The van der Waals surface area contributed by atoms with Crippen LogP contribution in [0.15, 0.2) is 53.4 Å². The number of aliphatic carboxylic acids is 1. The van der Waals surface area contributed by atoms with Crippen molar-refractivity contribution in [3.05, 3.63) is 59.7 Å². The maximum absolute atomic E-state index is 12.2. The van der Waals surface area contributed by atoms with Gasteiger partial charge in [0.1, 0.15) is 5.75 Å². The van der Waals surface area contributed by atoms with Crippen molar-refractivity contribution < 1.29 is 27.9 Å². The highest BCUT2D eigenvalue weighted by atomic mass is 32.2. The first kappa shape index (κ1) is 19.4. The molecule has 0 amide bonds. The lowest BCUT2D eigenvalue weighted by Crippen LogP contribution is -2.09. The van der Waals surface area contributed by atoms with E-state index in [-0.39, 0.29) is 16.0 Å². The molecule has 0 spiro atoms. The lowest BCUT2D eigenvalue weighted by Gasteiger charge is -2.12. The van der Waals surface area contributed by atoms with Gasteiger partial charge in [-0.05, 0) is 42.3 Å². The Kier molecular flexibility index (Phi) is 5.62. The van der Waals surface area contributed by atoms with Crippen LogP contribution in [0.4, 0.5) is 0 Å². The van der Waals surface area contributed by atoms with Gasteiger partial charge in [0.05, 0.1) is 17.6 Å². The molecule has 0 unspecified atom stereocenters. The van der Waals surface area contributed by atoms with E-state index in [9.17, 15) is 23.1 Å². The Balaban J connectivity index is 2.69. The summed E-state index contributed by atoms with van der Waals surface area (Å²) in [6.07, 6.45) is 1.07. The summed E-state index contributed by atoms with van der Waals surface area (Å²) < 4.78 is 28.2. The molecule has 2 aromatic carbocycles. The van der Waals surface area contributed by atoms with Gasteiger partial charge in [-0.2, -0.15) is 0 Å². The molecule has 1 N–H and O–H groups in total. The lowest BCUT2D eigenvalue weighted by molar-refractivity contribution is -0.130. The second-order valence-electron chi connectivity index (χ2n) is 5.64. The van der Waals surface area contributed by atoms with Crippen LogP contribution in [0.5, 0.6) is 5.75 Å². The third-order valence-electron chi connectivity index (χ3n) is 3.77. The molecule has 2 rings (SSSR count). The molecule has 0 heterocycles. The number of ketones is 1. The van der Waals surface area contributed by atoms with Gasteiger partial charge < -0.3 is 9.84 Å². The largest absolute Gasteiger partial charge is 0.497 e. The van der Waals surface area contributed by atoms with Crippen LogP contribution < -0.4 is 4.74 Å². The van der Waals surface area contributed by atoms with Crippen molar-refractivity contribution in [3.63, 3.8) is 0 Å². The number of carbonyl (C=O) groups excluding carboxylic acids is 1. The number of carboxylic acid groups (broad SMARTS) is 1. The third-order valence-corrected chi connectivity index (χ3v) is 4.89. The fourth-order valence-corrected chi connectivity index (χ4v) is 3.16. The minimum Gasteiger partial charge on any atom is -0.497 e. The maximum Gasteiger partial charge on any atom is 0.337 e. The van der Waals surface area contributed by atoms with Crippen molar-refractivity contribution in [2.24, 2.45) is 0 Å². The number of ether oxygens (including phenoxy) is 1. The van der Waals surface area contributed by atoms with Crippen LogP contribution in [-0.2, 0) is 19.4 Å². The molecule has 0 aliphatic carbocycles. The van der Waals surface area contributed by atoms with Gasteiger partial charge in [0.15, 0.2) is 15.6 Å². The number of sulfone groups is 1. The van der Waals surface area contributed by atoms with Crippen molar-refractivity contribution in [1.82, 2.24) is 0 Å². The Bertz CT molecular complexity index is 968. The first-order valence-electron chi connectivity index (χ1n) is 7.58. The predicted octanol–water partition coefficient (Wildman–Crippen LogP) is 2.68. The Morgan fingerprint density at radius 3 is 1.73 bits per heavy atom. The van der Waals surface area contributed by atoms with Gasteiger partial charge in [-0.3, -0.25) is 4.79 Å². The number of Topliss-reactive ketones (excluding diaryl/α,β-unsaturated/α-hetero) is 1. The molecule has 0 saturated heterocycles. The van der Waals surface area contributed by atoms with E-state index < -0.39 is 21.6 Å². The van der Waals surface area contributed by atoms with Crippen molar-refractivity contribution in [3.8, 4) is 5.75 Å². The minimum atomic E-state index is -3.39. The highest BCUT2D eigenvalue weighted by Gasteiger charge is 2.22. The summed E-state index contributed by atoms with van der Waals surface area (Å²) in [5, 5.41) is 9.68. The Morgan fingerprint density at radius 2 is 1.35 bits per heavy atom. The SMILES string of the molecule is COc1ccc(/C(C(=O)O)=C(/C(C)=O)c2ccc(S(C)(=O)=O)cc2)cc1. The van der Waals surface area contributed by atoms with Crippen molar-refractivity contribution in [1.29, 1.82) is 0 Å². The molecular formula is C19H18O6S. The van der Waals surface area contributed by atoms with Crippen LogP contribution in [0.3, 0.4) is 0 Å². The van der Waals surface area contributed by atoms with Crippen LogP contribution in [0.2, 0.25) is 0 Å². The summed E-state index contributed by atoms with van der Waals surface area (Å²) in [5.74, 6) is -1.14. The van der Waals surface area contributed by atoms with Crippen molar-refractivity contribution in [2.45, 2.75) is 11.8 Å². The second kappa shape index (κ2) is 7.53. The highest BCUT2D eigenvalue weighted by Crippen LogP contribution is 2.29. The molecule has 0 aromatic heterocycles. The quantitative estimate of drug-likeness (QED) is 0.617. The van der Waals surface area contributed by atoms with Gasteiger partial charge in [-0.15, -0.1) is 0 Å². The van der Waals surface area contributed by atoms with E-state index in [2.05, 4.69) is 0 Å². The van der Waals surface area contributed by atoms with Gasteiger partial charge in [0.25, 0.3) is 0 Å². The van der Waals surface area contributed by atoms with Gasteiger partial charge in [-0.25, -0.2) is 13.2 Å². The molecule has 0 bridgehead atoms. The van der Waals surface area contributed by atoms with Crippen LogP contribution in [-0.4, -0.2) is 38.6 Å². The zero-order valence-corrected chi connectivity index (χ0v) is 15.3. The molecule has 136 valence electrons. The number of methoxy groups -OCH3 is 1. The Labute approximate surface area is 151 Å². The standard InChI is InChI=1S/C19H18O6S/c1-12(20)17(13-6-10-16(11-7-13)26(3,23)24)18(19(21)22)14-4-8-15(25-2)9-5-14/h4-11H,1-3H3,(H,21,22)/b18-17+. The number of rotatable bonds is 6. The van der Waals surface area contributed by atoms with Crippen molar-refractivity contribution >= 4 is 32.7 Å². The van der Waals surface area contributed by atoms with E-state index >= 15 is 0 Å². The molecule has 0 atom stereocenters. The van der Waals surface area contributed by atoms with E-state index in [0.717, 1.165) is 6.26 Å². The summed E-state index contributed by atoms with van der Waals surface area (Å²) in [4.78, 5) is 24.2. The molecule has 0 aliphatic rings. The topological polar surface area (TPSA) is 97.7 Å². The lowest BCUT2D eigenvalue weighted by atomic mass is 9.92. The zero-order valence-electron chi connectivity index (χ0n) is 14.5. The van der Waals surface area contributed by atoms with Crippen molar-refractivity contribution in [2.75, 3.05) is 13.4 Å². The Morgan fingerprint density at radius 1 is 0.885 bits per heavy atom. The molecule has 26 heavy (non-hydrogen) atoms. The first-order valence-corrected chi connectivity index (χ1v) is 9.47. The van der Waals surface area contributed by atoms with Crippen LogP contribution in [0.25, 0.3) is 11.1 Å². The molecule has 7 heteroatoms. The minimum absolute atomic E-state index is 0.00252. The van der Waals surface area contributed by atoms with Crippen LogP contribution in [0.1, 0.15) is 18.1 Å². The van der Waals surface area contributed by atoms with Gasteiger partial charge in [0.2, 0.25) is 0 Å². The normalized spacial score (nSPS) is 12.3. The molecule has 0 fully saturated rings. The number of carbonyl (C=O) groups is 2. The summed E-state index contributed by atoms with van der Waals surface area (Å²) in [6, 6.07) is 11.9. The summed E-state index contributed by atoms with van der Waals surface area (Å²) >= 11 is 0. The summed E-state index contributed by atoms with van der Waals surface area (Å²) in [6.45, 7) is 1.27. The van der Waals surface area contributed by atoms with Gasteiger partial charge in [-0.1, -0.05) is 24.3 Å². The average molecular weight is 374 g/mol. The monoisotopic (exact) mass is 374 g/mol. The third kappa shape index (κ3) is 4.18. The number of benzene rings is 2. The molecule has 0 aliphatic heterocycles. The number of hydrogen-bond acceptors (Lipinski definition) is 5. The van der Waals surface area contributed by atoms with E-state index in [1.807, 2.05) is 0 Å². The first-order chi connectivity index (χ1) is 12.1. The maximum atomic E-state index is 12.2. The van der Waals surface area contributed by atoms with Crippen LogP contribution >= 0.6 is 0 Å². The molecular weight excluding hydrogens is 356 g/mol. The summed E-state index contributed by atoms with van der Waals surface area (Å²) in [7, 11) is -1.90. The zero-order chi connectivity index (χ0) is 19.5. The van der Waals surface area contributed by atoms with E-state index in [1.54, 1.807) is 24.3 Å². The molecule has 0 saturated carbocycles. The Hall–Kier alpha value is -2.93. The molecule has 2 aromatic rings. The van der Waals surface area contributed by atoms with E-state index in [4.69, 9.17) is 4.74 Å². The van der Waals surface area contributed by atoms with E-state index in [0.29, 0.717) is 16.9 Å². The second-order valence-corrected chi connectivity index (χ2v) is 7.65. The summed E-state index contributed by atoms with van der Waals surface area (Å²) in [5.41, 5.74) is 0.517. The van der Waals surface area contributed by atoms with Gasteiger partial charge >= 0.3 is 5.97 Å². The number of allylic oxidation sites excluding steroid dienone is 1. The smallest absolute Gasteiger partial charge is 0.337 e. The van der Waals surface area contributed by atoms with E-state index in [1.165, 1.54) is 38.3 Å². The highest BCUT2D eigenvalue weighted by molar-refractivity contribution is 7.90. The van der Waals surface area contributed by atoms with Crippen LogP contribution in [0, 0.1) is 0 Å². The number of hydrogen-bond donors (Lipinski definition) is 1. The predicted molar refractivity (Wildman–Crippen MR) is 97.7 cm³/mol. The molecule has 6 nitrogen and oxygen atoms in total. The average Bonchev–Trinajstić information content (AvgIpc) is 2.58. The van der Waals surface area contributed by atoms with Gasteiger partial charge in [0, 0.05) is 11.8 Å². The number of carboxylic acids is 1.